The van der Waals surface area contributed by atoms with Crippen molar-refractivity contribution in [2.24, 2.45) is 4.99 Å². The van der Waals surface area contributed by atoms with Crippen LogP contribution in [0.4, 0.5) is 0 Å². The van der Waals surface area contributed by atoms with Gasteiger partial charge in [-0.25, -0.2) is 4.99 Å². The zero-order valence-electron chi connectivity index (χ0n) is 15.8. The molecule has 0 saturated carbocycles. The van der Waals surface area contributed by atoms with E-state index in [9.17, 15) is 4.79 Å². The number of carbonyl (C=O) groups is 1. The molecule has 8 heteroatoms. The Bertz CT molecular complexity index is 687. The Kier molecular flexibility index (Phi) is 11.0. The third kappa shape index (κ3) is 8.80. The fourth-order valence-corrected chi connectivity index (χ4v) is 2.32. The second-order valence-electron chi connectivity index (χ2n) is 5.67. The van der Waals surface area contributed by atoms with E-state index in [1.165, 1.54) is 0 Å². The molecule has 0 fully saturated rings. The molecule has 1 heterocycles. The number of hydrogen-bond acceptors (Lipinski definition) is 3. The first-order valence-corrected chi connectivity index (χ1v) is 8.74. The molecule has 7 nitrogen and oxygen atoms in total. The first-order chi connectivity index (χ1) is 12.7. The third-order valence-electron chi connectivity index (χ3n) is 3.70. The van der Waals surface area contributed by atoms with Gasteiger partial charge in [0.15, 0.2) is 5.96 Å². The summed E-state index contributed by atoms with van der Waals surface area (Å²) in [6, 6.07) is 11.6. The van der Waals surface area contributed by atoms with Gasteiger partial charge in [-0.1, -0.05) is 12.1 Å². The number of hydrogen-bond donors (Lipinski definition) is 3. The molecule has 0 aliphatic heterocycles. The van der Waals surface area contributed by atoms with Crippen molar-refractivity contribution >= 4 is 35.8 Å². The van der Waals surface area contributed by atoms with Crippen molar-refractivity contribution in [3.8, 4) is 5.75 Å². The second kappa shape index (κ2) is 13.0. The van der Waals surface area contributed by atoms with Crippen LogP contribution in [0.15, 0.2) is 53.8 Å². The largest absolute Gasteiger partial charge is 0.497 e. The van der Waals surface area contributed by atoms with Crippen LogP contribution in [0, 0.1) is 0 Å². The SMILES string of the molecule is CCNC(=NCC(=O)NCc1ccc(OC)cc1)NCCn1cccc1.I. The number of aliphatic imine (C=N–C) groups is 1. The quantitative estimate of drug-likeness (QED) is 0.289. The molecule has 0 spiro atoms. The first-order valence-electron chi connectivity index (χ1n) is 8.74. The molecule has 0 bridgehead atoms. The fourth-order valence-electron chi connectivity index (χ4n) is 2.32. The van der Waals surface area contributed by atoms with Crippen LogP contribution in [0.3, 0.4) is 0 Å². The van der Waals surface area contributed by atoms with E-state index in [1.807, 2.05) is 55.7 Å². The molecule has 27 heavy (non-hydrogen) atoms. The van der Waals surface area contributed by atoms with Gasteiger partial charge < -0.3 is 25.3 Å². The van der Waals surface area contributed by atoms with E-state index in [2.05, 4.69) is 25.5 Å². The Balaban J connectivity index is 0.00000364. The Hall–Kier alpha value is -2.23. The van der Waals surface area contributed by atoms with Crippen molar-refractivity contribution in [3.05, 3.63) is 54.4 Å². The highest BCUT2D eigenvalue weighted by molar-refractivity contribution is 14.0. The third-order valence-corrected chi connectivity index (χ3v) is 3.70. The van der Waals surface area contributed by atoms with Gasteiger partial charge in [-0.3, -0.25) is 4.79 Å². The highest BCUT2D eigenvalue weighted by atomic mass is 127. The van der Waals surface area contributed by atoms with Crippen LogP contribution in [-0.4, -0.2) is 43.2 Å². The molecule has 148 valence electrons. The summed E-state index contributed by atoms with van der Waals surface area (Å²) < 4.78 is 7.20. The Morgan fingerprint density at radius 2 is 1.81 bits per heavy atom. The van der Waals surface area contributed by atoms with E-state index in [0.717, 1.165) is 30.9 Å². The predicted molar refractivity (Wildman–Crippen MR) is 119 cm³/mol. The topological polar surface area (TPSA) is 79.7 Å². The van der Waals surface area contributed by atoms with E-state index in [-0.39, 0.29) is 36.4 Å². The highest BCUT2D eigenvalue weighted by Gasteiger charge is 2.03. The standard InChI is InChI=1S/C19H27N5O2.HI/c1-3-20-19(21-10-13-24-11-4-5-12-24)23-15-18(25)22-14-16-6-8-17(26-2)9-7-16;/h4-9,11-12H,3,10,13-15H2,1-2H3,(H,22,25)(H2,20,21,23);1H. The predicted octanol–water partition coefficient (Wildman–Crippen LogP) is 1.99. The normalized spacial score (nSPS) is 10.7. The van der Waals surface area contributed by atoms with Crippen LogP contribution >= 0.6 is 24.0 Å². The number of aromatic nitrogens is 1. The van der Waals surface area contributed by atoms with Crippen LogP contribution in [0.2, 0.25) is 0 Å². The molecule has 1 amide bonds. The van der Waals surface area contributed by atoms with Gasteiger partial charge in [-0.2, -0.15) is 0 Å². The number of halogens is 1. The maximum absolute atomic E-state index is 12.0. The van der Waals surface area contributed by atoms with Crippen molar-refractivity contribution < 1.29 is 9.53 Å². The van der Waals surface area contributed by atoms with Gasteiger partial charge in [0.2, 0.25) is 5.91 Å². The minimum atomic E-state index is -0.122. The van der Waals surface area contributed by atoms with Crippen molar-refractivity contribution in [3.63, 3.8) is 0 Å². The molecule has 1 aromatic carbocycles. The monoisotopic (exact) mass is 485 g/mol. The minimum absolute atomic E-state index is 0. The van der Waals surface area contributed by atoms with Gasteiger partial charge >= 0.3 is 0 Å². The number of guanidine groups is 1. The molecular formula is C19H28IN5O2. The summed E-state index contributed by atoms with van der Waals surface area (Å²) in [5, 5.41) is 9.23. The van der Waals surface area contributed by atoms with E-state index in [1.54, 1.807) is 7.11 Å². The lowest BCUT2D eigenvalue weighted by molar-refractivity contribution is -0.119. The summed E-state index contributed by atoms with van der Waals surface area (Å²) in [5.41, 5.74) is 1.01. The number of nitrogens with zero attached hydrogens (tertiary/aromatic N) is 2. The van der Waals surface area contributed by atoms with Crippen LogP contribution in [-0.2, 0) is 17.9 Å². The molecule has 2 rings (SSSR count). The average Bonchev–Trinajstić information content (AvgIpc) is 3.18. The first kappa shape index (κ1) is 22.8. The molecule has 1 aromatic heterocycles. The highest BCUT2D eigenvalue weighted by Crippen LogP contribution is 2.10. The molecule has 2 aromatic rings. The minimum Gasteiger partial charge on any atom is -0.497 e. The Morgan fingerprint density at radius 1 is 1.11 bits per heavy atom. The van der Waals surface area contributed by atoms with E-state index in [4.69, 9.17) is 4.74 Å². The van der Waals surface area contributed by atoms with E-state index >= 15 is 0 Å². The molecule has 0 aliphatic rings. The van der Waals surface area contributed by atoms with E-state index < -0.39 is 0 Å². The number of ether oxygens (including phenoxy) is 1. The lowest BCUT2D eigenvalue weighted by Gasteiger charge is -2.12. The van der Waals surface area contributed by atoms with Crippen LogP contribution in [0.1, 0.15) is 12.5 Å². The Labute approximate surface area is 177 Å². The van der Waals surface area contributed by atoms with Crippen molar-refractivity contribution in [1.82, 2.24) is 20.5 Å². The number of rotatable bonds is 9. The van der Waals surface area contributed by atoms with Gasteiger partial charge in [0, 0.05) is 38.6 Å². The van der Waals surface area contributed by atoms with Crippen LogP contribution < -0.4 is 20.7 Å². The molecule has 0 aliphatic carbocycles. The van der Waals surface area contributed by atoms with Crippen molar-refractivity contribution in [2.75, 3.05) is 26.7 Å². The molecule has 0 unspecified atom stereocenters. The summed E-state index contributed by atoms with van der Waals surface area (Å²) in [6.45, 7) is 4.84. The Morgan fingerprint density at radius 3 is 2.44 bits per heavy atom. The number of methoxy groups -OCH3 is 1. The maximum atomic E-state index is 12.0. The number of carbonyl (C=O) groups excluding carboxylic acids is 1. The second-order valence-corrected chi connectivity index (χ2v) is 5.67. The number of nitrogens with one attached hydrogen (secondary N) is 3. The smallest absolute Gasteiger partial charge is 0.242 e. The molecular weight excluding hydrogens is 457 g/mol. The average molecular weight is 485 g/mol. The van der Waals surface area contributed by atoms with Gasteiger partial charge in [0.05, 0.1) is 7.11 Å². The molecule has 0 radical (unpaired) electrons. The maximum Gasteiger partial charge on any atom is 0.242 e. The number of benzene rings is 1. The van der Waals surface area contributed by atoms with Gasteiger partial charge in [0.25, 0.3) is 0 Å². The summed E-state index contributed by atoms with van der Waals surface area (Å²) >= 11 is 0. The summed E-state index contributed by atoms with van der Waals surface area (Å²) in [5.74, 6) is 1.31. The zero-order valence-corrected chi connectivity index (χ0v) is 18.1. The lowest BCUT2D eigenvalue weighted by Crippen LogP contribution is -2.39. The van der Waals surface area contributed by atoms with Crippen LogP contribution in [0.5, 0.6) is 5.75 Å². The van der Waals surface area contributed by atoms with Crippen molar-refractivity contribution in [2.45, 2.75) is 20.0 Å². The molecule has 3 N–H and O–H groups in total. The molecule has 0 saturated heterocycles. The lowest BCUT2D eigenvalue weighted by atomic mass is 10.2. The summed E-state index contributed by atoms with van der Waals surface area (Å²) in [4.78, 5) is 16.3. The zero-order chi connectivity index (χ0) is 18.6. The van der Waals surface area contributed by atoms with E-state index in [0.29, 0.717) is 12.5 Å². The van der Waals surface area contributed by atoms with Gasteiger partial charge in [-0.05, 0) is 36.8 Å². The van der Waals surface area contributed by atoms with Crippen molar-refractivity contribution in [1.29, 1.82) is 0 Å². The fraction of sp³-hybridized carbons (Fsp3) is 0.368. The summed E-state index contributed by atoms with van der Waals surface area (Å²) in [6.07, 6.45) is 4.02. The number of amides is 1. The van der Waals surface area contributed by atoms with Gasteiger partial charge in [0.1, 0.15) is 12.3 Å². The molecule has 0 atom stereocenters. The van der Waals surface area contributed by atoms with Crippen LogP contribution in [0.25, 0.3) is 0 Å². The van der Waals surface area contributed by atoms with Gasteiger partial charge in [-0.15, -0.1) is 24.0 Å². The summed E-state index contributed by atoms with van der Waals surface area (Å²) in [7, 11) is 1.63.